The van der Waals surface area contributed by atoms with Crippen molar-refractivity contribution in [1.82, 2.24) is 9.97 Å². The van der Waals surface area contributed by atoms with Crippen molar-refractivity contribution in [3.05, 3.63) is 18.2 Å². The maximum atomic E-state index is 11.7. The Balaban J connectivity index is 2.07. The Kier molecular flexibility index (Phi) is 3.32. The third-order valence-electron chi connectivity index (χ3n) is 4.74. The predicted molar refractivity (Wildman–Crippen MR) is 68.9 cm³/mol. The zero-order valence-corrected chi connectivity index (χ0v) is 11.4. The minimum atomic E-state index is -0.792. The Bertz CT molecular complexity index is 415. The van der Waals surface area contributed by atoms with E-state index in [2.05, 4.69) is 9.97 Å². The molecular weight excluding hydrogens is 228 g/mol. The molecule has 0 bridgehead atoms. The smallest absolute Gasteiger partial charge is 0.135 e. The van der Waals surface area contributed by atoms with Gasteiger partial charge in [0.2, 0.25) is 0 Å². The van der Waals surface area contributed by atoms with E-state index in [0.717, 1.165) is 18.5 Å². The number of imidazole rings is 1. The molecule has 4 nitrogen and oxygen atoms in total. The minimum Gasteiger partial charge on any atom is -0.384 e. The molecule has 0 atom stereocenters. The standard InChI is InChI=1S/C14H22N2O2/c1-10(17)13(2,3)11-4-6-14(18,7-5-11)12-8-15-9-16-12/h8-9,11,18H,4-7H2,1-3H3,(H,15,16). The Morgan fingerprint density at radius 2 is 2.11 bits per heavy atom. The molecule has 2 rings (SSSR count). The number of rotatable bonds is 3. The van der Waals surface area contributed by atoms with E-state index in [1.807, 2.05) is 13.8 Å². The average molecular weight is 250 g/mol. The molecule has 0 spiro atoms. The lowest BCUT2D eigenvalue weighted by molar-refractivity contribution is -0.130. The van der Waals surface area contributed by atoms with Gasteiger partial charge in [0.15, 0.2) is 0 Å². The third-order valence-corrected chi connectivity index (χ3v) is 4.74. The highest BCUT2D eigenvalue weighted by Gasteiger charge is 2.42. The SMILES string of the molecule is CC(=O)C(C)(C)C1CCC(O)(c2cnc[nH]2)CC1. The van der Waals surface area contributed by atoms with E-state index in [0.29, 0.717) is 18.8 Å². The number of ketones is 1. The second-order valence-electron chi connectivity index (χ2n) is 6.05. The van der Waals surface area contributed by atoms with Crippen LogP contribution in [0.3, 0.4) is 0 Å². The summed E-state index contributed by atoms with van der Waals surface area (Å²) in [7, 11) is 0. The Hall–Kier alpha value is -1.16. The van der Waals surface area contributed by atoms with Gasteiger partial charge >= 0.3 is 0 Å². The van der Waals surface area contributed by atoms with Crippen LogP contribution in [0.25, 0.3) is 0 Å². The lowest BCUT2D eigenvalue weighted by atomic mass is 9.65. The van der Waals surface area contributed by atoms with E-state index >= 15 is 0 Å². The molecule has 0 amide bonds. The van der Waals surface area contributed by atoms with Crippen LogP contribution in [-0.4, -0.2) is 20.9 Å². The van der Waals surface area contributed by atoms with Crippen molar-refractivity contribution in [3.63, 3.8) is 0 Å². The van der Waals surface area contributed by atoms with Crippen LogP contribution in [0.15, 0.2) is 12.5 Å². The molecule has 2 N–H and O–H groups in total. The largest absolute Gasteiger partial charge is 0.384 e. The maximum absolute atomic E-state index is 11.7. The maximum Gasteiger partial charge on any atom is 0.135 e. The van der Waals surface area contributed by atoms with E-state index in [-0.39, 0.29) is 11.2 Å². The second kappa shape index (κ2) is 4.50. The predicted octanol–water partition coefficient (Wildman–Crippen LogP) is 2.40. The number of aliphatic hydroxyl groups is 1. The molecule has 18 heavy (non-hydrogen) atoms. The number of carbonyl (C=O) groups is 1. The number of nitrogens with zero attached hydrogens (tertiary/aromatic N) is 1. The summed E-state index contributed by atoms with van der Waals surface area (Å²) < 4.78 is 0. The molecule has 0 aliphatic heterocycles. The van der Waals surface area contributed by atoms with E-state index in [1.54, 1.807) is 19.4 Å². The number of hydrogen-bond donors (Lipinski definition) is 2. The fourth-order valence-corrected chi connectivity index (χ4v) is 2.88. The quantitative estimate of drug-likeness (QED) is 0.865. The number of H-pyrrole nitrogens is 1. The van der Waals surface area contributed by atoms with Gasteiger partial charge in [0.05, 0.1) is 18.2 Å². The minimum absolute atomic E-state index is 0.236. The first-order valence-electron chi connectivity index (χ1n) is 6.58. The molecule has 1 aromatic rings. The lowest BCUT2D eigenvalue weighted by Crippen LogP contribution is -2.39. The Labute approximate surface area is 108 Å². The van der Waals surface area contributed by atoms with Crippen LogP contribution in [0.2, 0.25) is 0 Å². The van der Waals surface area contributed by atoms with Crippen molar-refractivity contribution in [2.45, 2.75) is 52.1 Å². The molecule has 100 valence electrons. The van der Waals surface area contributed by atoms with Crippen LogP contribution >= 0.6 is 0 Å². The Morgan fingerprint density at radius 3 is 2.56 bits per heavy atom. The first-order chi connectivity index (χ1) is 8.36. The molecule has 0 radical (unpaired) electrons. The molecule has 1 aliphatic carbocycles. The van der Waals surface area contributed by atoms with Gasteiger partial charge in [-0.3, -0.25) is 4.79 Å². The van der Waals surface area contributed by atoms with Gasteiger partial charge in [0, 0.05) is 5.41 Å². The van der Waals surface area contributed by atoms with Crippen molar-refractivity contribution in [1.29, 1.82) is 0 Å². The summed E-state index contributed by atoms with van der Waals surface area (Å²) in [4.78, 5) is 18.6. The summed E-state index contributed by atoms with van der Waals surface area (Å²) >= 11 is 0. The third kappa shape index (κ3) is 2.21. The van der Waals surface area contributed by atoms with Crippen LogP contribution in [-0.2, 0) is 10.4 Å². The van der Waals surface area contributed by atoms with Crippen LogP contribution in [0.4, 0.5) is 0 Å². The number of aromatic nitrogens is 2. The Morgan fingerprint density at radius 1 is 1.50 bits per heavy atom. The molecular formula is C14H22N2O2. The van der Waals surface area contributed by atoms with Crippen LogP contribution < -0.4 is 0 Å². The normalized spacial score (nSPS) is 29.2. The van der Waals surface area contributed by atoms with Gasteiger partial charge in [-0.1, -0.05) is 13.8 Å². The molecule has 0 aromatic carbocycles. The van der Waals surface area contributed by atoms with E-state index in [9.17, 15) is 9.90 Å². The summed E-state index contributed by atoms with van der Waals surface area (Å²) in [6.07, 6.45) is 6.42. The highest BCUT2D eigenvalue weighted by Crippen LogP contribution is 2.45. The summed E-state index contributed by atoms with van der Waals surface area (Å²) in [5, 5.41) is 10.6. The molecule has 4 heteroatoms. The van der Waals surface area contributed by atoms with Crippen molar-refractivity contribution >= 4 is 5.78 Å². The zero-order valence-electron chi connectivity index (χ0n) is 11.4. The molecule has 0 saturated heterocycles. The second-order valence-corrected chi connectivity index (χ2v) is 6.05. The summed E-state index contributed by atoms with van der Waals surface area (Å²) in [5.41, 5.74) is -0.281. The average Bonchev–Trinajstić information content (AvgIpc) is 2.83. The summed E-state index contributed by atoms with van der Waals surface area (Å²) in [5.74, 6) is 0.595. The van der Waals surface area contributed by atoms with Crippen LogP contribution in [0.1, 0.15) is 52.1 Å². The summed E-state index contributed by atoms with van der Waals surface area (Å²) in [6.45, 7) is 5.69. The summed E-state index contributed by atoms with van der Waals surface area (Å²) in [6, 6.07) is 0. The van der Waals surface area contributed by atoms with E-state index in [4.69, 9.17) is 0 Å². The molecule has 1 heterocycles. The van der Waals surface area contributed by atoms with Crippen molar-refractivity contribution in [3.8, 4) is 0 Å². The highest BCUT2D eigenvalue weighted by molar-refractivity contribution is 5.81. The first-order valence-corrected chi connectivity index (χ1v) is 6.58. The fraction of sp³-hybridized carbons (Fsp3) is 0.714. The number of Topliss-reactive ketones (excluding diaryl/α,β-unsaturated/α-hetero) is 1. The van der Waals surface area contributed by atoms with Gasteiger partial charge in [-0.15, -0.1) is 0 Å². The molecule has 1 saturated carbocycles. The van der Waals surface area contributed by atoms with Gasteiger partial charge in [-0.25, -0.2) is 4.98 Å². The topological polar surface area (TPSA) is 66.0 Å². The monoisotopic (exact) mass is 250 g/mol. The van der Waals surface area contributed by atoms with Crippen LogP contribution in [0, 0.1) is 11.3 Å². The first kappa shape index (κ1) is 13.3. The zero-order chi connectivity index (χ0) is 13.4. The van der Waals surface area contributed by atoms with Gasteiger partial charge in [0.25, 0.3) is 0 Å². The van der Waals surface area contributed by atoms with E-state index in [1.165, 1.54) is 0 Å². The van der Waals surface area contributed by atoms with Gasteiger partial charge < -0.3 is 10.1 Å². The van der Waals surface area contributed by atoms with Crippen molar-refractivity contribution < 1.29 is 9.90 Å². The highest BCUT2D eigenvalue weighted by atomic mass is 16.3. The number of nitrogens with one attached hydrogen (secondary N) is 1. The van der Waals surface area contributed by atoms with Gasteiger partial charge in [-0.05, 0) is 38.5 Å². The van der Waals surface area contributed by atoms with Crippen LogP contribution in [0.5, 0.6) is 0 Å². The molecule has 1 aliphatic rings. The van der Waals surface area contributed by atoms with Crippen molar-refractivity contribution in [2.75, 3.05) is 0 Å². The molecule has 0 unspecified atom stereocenters. The van der Waals surface area contributed by atoms with Crippen molar-refractivity contribution in [2.24, 2.45) is 11.3 Å². The lowest BCUT2D eigenvalue weighted by Gasteiger charge is -2.41. The van der Waals surface area contributed by atoms with Gasteiger partial charge in [0.1, 0.15) is 11.4 Å². The molecule has 1 aromatic heterocycles. The fourth-order valence-electron chi connectivity index (χ4n) is 2.88. The number of hydrogen-bond acceptors (Lipinski definition) is 3. The number of carbonyl (C=O) groups excluding carboxylic acids is 1. The van der Waals surface area contributed by atoms with E-state index < -0.39 is 5.60 Å². The van der Waals surface area contributed by atoms with Gasteiger partial charge in [-0.2, -0.15) is 0 Å². The number of aromatic amines is 1. The molecule has 1 fully saturated rings.